The molecule has 9 heteroatoms. The number of phosphoric acid groups is 1. The lowest BCUT2D eigenvalue weighted by Crippen LogP contribution is -2.45. The van der Waals surface area contributed by atoms with Crippen molar-refractivity contribution in [3.05, 3.63) is 36.5 Å². The normalized spacial score (nSPS) is 15.1. The molecular weight excluding hydrogens is 611 g/mol. The number of rotatable bonds is 33. The second-order valence-corrected chi connectivity index (χ2v) is 15.4. The van der Waals surface area contributed by atoms with Gasteiger partial charge in [-0.05, 0) is 57.8 Å². The number of carbonyl (C=O) groups excluding carboxylic acids is 1. The predicted molar refractivity (Wildman–Crippen MR) is 198 cm³/mol. The number of unbranched alkanes of at least 4 members (excludes halogenated alkanes) is 16. The van der Waals surface area contributed by atoms with Crippen LogP contribution in [-0.4, -0.2) is 73.4 Å². The summed E-state index contributed by atoms with van der Waals surface area (Å²) in [6.07, 6.45) is 35.0. The van der Waals surface area contributed by atoms with E-state index in [0.29, 0.717) is 17.4 Å². The minimum Gasteiger partial charge on any atom is -0.387 e. The zero-order valence-electron chi connectivity index (χ0n) is 31.0. The molecule has 0 aromatic heterocycles. The summed E-state index contributed by atoms with van der Waals surface area (Å²) in [5, 5.41) is 13.7. The van der Waals surface area contributed by atoms with Crippen LogP contribution in [0.25, 0.3) is 0 Å². The van der Waals surface area contributed by atoms with Gasteiger partial charge < -0.3 is 19.8 Å². The van der Waals surface area contributed by atoms with Crippen molar-refractivity contribution in [1.82, 2.24) is 5.32 Å². The zero-order valence-corrected chi connectivity index (χ0v) is 31.9. The van der Waals surface area contributed by atoms with Gasteiger partial charge in [0.1, 0.15) is 13.2 Å². The first-order valence-corrected chi connectivity index (χ1v) is 20.4. The maximum atomic E-state index is 12.8. The molecule has 0 spiro atoms. The summed E-state index contributed by atoms with van der Waals surface area (Å²) in [6, 6.07) is -0.860. The van der Waals surface area contributed by atoms with Gasteiger partial charge in [0, 0.05) is 6.42 Å². The molecule has 3 atom stereocenters. The van der Waals surface area contributed by atoms with E-state index in [1.807, 2.05) is 27.2 Å². The van der Waals surface area contributed by atoms with Crippen molar-refractivity contribution in [1.29, 1.82) is 0 Å². The summed E-state index contributed by atoms with van der Waals surface area (Å²) in [6.45, 7) is 4.71. The summed E-state index contributed by atoms with van der Waals surface area (Å²) < 4.78 is 23.4. The molecule has 0 radical (unpaired) electrons. The predicted octanol–water partition coefficient (Wildman–Crippen LogP) is 9.57. The lowest BCUT2D eigenvalue weighted by atomic mass is 10.1. The Morgan fingerprint density at radius 1 is 0.702 bits per heavy atom. The molecule has 0 aromatic rings. The van der Waals surface area contributed by atoms with Crippen molar-refractivity contribution in [2.24, 2.45) is 0 Å². The fourth-order valence-electron chi connectivity index (χ4n) is 4.99. The van der Waals surface area contributed by atoms with Gasteiger partial charge in [-0.3, -0.25) is 13.8 Å². The molecule has 0 aliphatic rings. The standard InChI is InChI=1S/C38H73N2O6P/c1-6-8-10-12-14-16-18-19-20-21-22-24-26-28-30-32-38(42)39-36(35-46-47(43,44)45-34-33-40(3,4)5)37(41)31-29-27-25-23-17-15-13-11-9-7-2/h16-18,23,29,31,36-37,41H,6-15,19-22,24-28,30,32-35H2,1-5H3,(H-,39,42,43,44)/p+1/b18-16-,23-17+,31-29+. The first kappa shape index (κ1) is 45.7. The molecule has 0 fully saturated rings. The highest BCUT2D eigenvalue weighted by Gasteiger charge is 2.27. The van der Waals surface area contributed by atoms with Crippen molar-refractivity contribution in [3.8, 4) is 0 Å². The van der Waals surface area contributed by atoms with Crippen molar-refractivity contribution in [3.63, 3.8) is 0 Å². The van der Waals surface area contributed by atoms with Gasteiger partial charge in [-0.1, -0.05) is 121 Å². The van der Waals surface area contributed by atoms with Gasteiger partial charge in [-0.15, -0.1) is 0 Å². The topological polar surface area (TPSA) is 105 Å². The summed E-state index contributed by atoms with van der Waals surface area (Å²) in [5.74, 6) is -0.197. The van der Waals surface area contributed by atoms with E-state index in [1.165, 1.54) is 89.9 Å². The van der Waals surface area contributed by atoms with Crippen LogP contribution in [0.3, 0.4) is 0 Å². The van der Waals surface area contributed by atoms with Gasteiger partial charge in [-0.25, -0.2) is 4.57 Å². The van der Waals surface area contributed by atoms with Gasteiger partial charge >= 0.3 is 7.82 Å². The van der Waals surface area contributed by atoms with Crippen LogP contribution in [0.1, 0.15) is 149 Å². The fraction of sp³-hybridized carbons (Fsp3) is 0.816. The Bertz CT molecular complexity index is 871. The Labute approximate surface area is 289 Å². The Morgan fingerprint density at radius 2 is 1.17 bits per heavy atom. The second-order valence-electron chi connectivity index (χ2n) is 13.9. The summed E-state index contributed by atoms with van der Waals surface area (Å²) in [4.78, 5) is 22.9. The number of phosphoric ester groups is 1. The van der Waals surface area contributed by atoms with Crippen molar-refractivity contribution >= 4 is 13.7 Å². The molecule has 3 N–H and O–H groups in total. The Hall–Kier alpha value is -1.28. The van der Waals surface area contributed by atoms with Crippen LogP contribution in [0.15, 0.2) is 36.5 Å². The number of nitrogens with one attached hydrogen (secondary N) is 1. The molecule has 276 valence electrons. The number of aliphatic hydroxyl groups excluding tert-OH is 1. The third kappa shape index (κ3) is 33.0. The van der Waals surface area contributed by atoms with Gasteiger partial charge in [0.25, 0.3) is 0 Å². The molecule has 8 nitrogen and oxygen atoms in total. The van der Waals surface area contributed by atoms with Gasteiger partial charge in [-0.2, -0.15) is 0 Å². The number of carbonyl (C=O) groups is 1. The van der Waals surface area contributed by atoms with E-state index in [2.05, 4.69) is 43.5 Å². The van der Waals surface area contributed by atoms with Gasteiger partial charge in [0.2, 0.25) is 5.91 Å². The first-order valence-electron chi connectivity index (χ1n) is 18.9. The average molecular weight is 686 g/mol. The van der Waals surface area contributed by atoms with Crippen LogP contribution in [0.2, 0.25) is 0 Å². The van der Waals surface area contributed by atoms with Crippen molar-refractivity contribution < 1.29 is 32.9 Å². The molecule has 1 amide bonds. The molecule has 0 saturated carbocycles. The van der Waals surface area contributed by atoms with E-state index in [-0.39, 0.29) is 19.1 Å². The van der Waals surface area contributed by atoms with Crippen molar-refractivity contribution in [2.45, 2.75) is 161 Å². The lowest BCUT2D eigenvalue weighted by Gasteiger charge is -2.25. The molecule has 47 heavy (non-hydrogen) atoms. The number of aliphatic hydroxyl groups is 1. The van der Waals surface area contributed by atoms with Gasteiger partial charge in [0.05, 0.1) is 39.9 Å². The quantitative estimate of drug-likeness (QED) is 0.0275. The highest BCUT2D eigenvalue weighted by atomic mass is 31.2. The maximum Gasteiger partial charge on any atom is 0.472 e. The minimum absolute atomic E-state index is 0.0547. The molecule has 0 saturated heterocycles. The molecule has 3 unspecified atom stereocenters. The number of allylic oxidation sites excluding steroid dienone is 5. The highest BCUT2D eigenvalue weighted by Crippen LogP contribution is 2.43. The number of hydrogen-bond acceptors (Lipinski definition) is 5. The molecule has 0 aliphatic carbocycles. The number of hydrogen-bond donors (Lipinski definition) is 3. The molecular formula is C38H74N2O6P+. The molecule has 0 heterocycles. The maximum absolute atomic E-state index is 12.8. The number of nitrogens with zero attached hydrogens (tertiary/aromatic N) is 1. The number of amides is 1. The fourth-order valence-corrected chi connectivity index (χ4v) is 5.73. The van der Waals surface area contributed by atoms with E-state index >= 15 is 0 Å². The number of quaternary nitrogens is 1. The largest absolute Gasteiger partial charge is 0.472 e. The third-order valence-electron chi connectivity index (χ3n) is 8.08. The summed E-state index contributed by atoms with van der Waals surface area (Å²) >= 11 is 0. The second kappa shape index (κ2) is 30.8. The van der Waals surface area contributed by atoms with Gasteiger partial charge in [0.15, 0.2) is 0 Å². The van der Waals surface area contributed by atoms with Crippen molar-refractivity contribution in [2.75, 3.05) is 40.9 Å². The Morgan fingerprint density at radius 3 is 1.70 bits per heavy atom. The monoisotopic (exact) mass is 686 g/mol. The van der Waals surface area contributed by atoms with Crippen LogP contribution in [-0.2, 0) is 18.4 Å². The van der Waals surface area contributed by atoms with Crippen LogP contribution < -0.4 is 5.32 Å². The molecule has 0 rings (SSSR count). The summed E-state index contributed by atoms with van der Waals surface area (Å²) in [5.41, 5.74) is 0. The Kier molecular flexibility index (Phi) is 29.9. The smallest absolute Gasteiger partial charge is 0.387 e. The average Bonchev–Trinajstić information content (AvgIpc) is 3.01. The summed E-state index contributed by atoms with van der Waals surface area (Å²) in [7, 11) is 1.54. The van der Waals surface area contributed by atoms with E-state index in [0.717, 1.165) is 38.5 Å². The molecule has 0 aliphatic heterocycles. The first-order chi connectivity index (χ1) is 22.5. The van der Waals surface area contributed by atoms with Crippen LogP contribution in [0, 0.1) is 0 Å². The van der Waals surface area contributed by atoms with Crippen LogP contribution >= 0.6 is 7.82 Å². The molecule has 0 bridgehead atoms. The SMILES string of the molecule is CCCCCC/C=C\CCCCCCCCCC(=O)NC(COP(=O)(O)OCC[N+](C)(C)C)C(O)/C=C/CC/C=C/CCCCCC. The number of likely N-dealkylation sites (N-methyl/N-ethyl adjacent to an activating group) is 1. The van der Waals surface area contributed by atoms with Crippen LogP contribution in [0.4, 0.5) is 0 Å². The molecule has 0 aromatic carbocycles. The van der Waals surface area contributed by atoms with Crippen LogP contribution in [0.5, 0.6) is 0 Å². The highest BCUT2D eigenvalue weighted by molar-refractivity contribution is 7.47. The minimum atomic E-state index is -4.33. The zero-order chi connectivity index (χ0) is 35.1. The van der Waals surface area contributed by atoms with E-state index in [9.17, 15) is 19.4 Å². The van der Waals surface area contributed by atoms with E-state index in [4.69, 9.17) is 9.05 Å². The lowest BCUT2D eigenvalue weighted by molar-refractivity contribution is -0.870. The third-order valence-corrected chi connectivity index (χ3v) is 9.07. The Balaban J connectivity index is 4.55. The van der Waals surface area contributed by atoms with E-state index in [1.54, 1.807) is 6.08 Å². The van der Waals surface area contributed by atoms with E-state index < -0.39 is 20.0 Å².